The number of hydrogen-bond donors (Lipinski definition) is 1. The first-order valence-corrected chi connectivity index (χ1v) is 6.14. The van der Waals surface area contributed by atoms with E-state index >= 15 is 0 Å². The second-order valence-corrected chi connectivity index (χ2v) is 4.26. The summed E-state index contributed by atoms with van der Waals surface area (Å²) in [5.74, 6) is 0.822. The monoisotopic (exact) mass is 229 g/mol. The van der Waals surface area contributed by atoms with Crippen LogP contribution in [0.2, 0.25) is 0 Å². The van der Waals surface area contributed by atoms with Crippen molar-refractivity contribution in [3.05, 3.63) is 47.9 Å². The Kier molecular flexibility index (Phi) is 3.81. The van der Waals surface area contributed by atoms with E-state index in [4.69, 9.17) is 5.73 Å². The number of aromatic nitrogens is 2. The van der Waals surface area contributed by atoms with Crippen LogP contribution in [0.1, 0.15) is 24.6 Å². The molecule has 0 saturated heterocycles. The molecule has 0 aliphatic rings. The SMILES string of the molecule is CCCn1cnc(CCc2ccccc2)c1N. The van der Waals surface area contributed by atoms with Gasteiger partial charge >= 0.3 is 0 Å². The fourth-order valence-corrected chi connectivity index (χ4v) is 1.95. The van der Waals surface area contributed by atoms with E-state index in [1.54, 1.807) is 0 Å². The van der Waals surface area contributed by atoms with E-state index in [1.807, 2.05) is 17.0 Å². The first-order chi connectivity index (χ1) is 8.31. The number of aryl methyl sites for hydroxylation is 3. The van der Waals surface area contributed by atoms with E-state index in [0.717, 1.165) is 37.3 Å². The lowest BCUT2D eigenvalue weighted by atomic mass is 10.1. The highest BCUT2D eigenvalue weighted by molar-refractivity contribution is 5.36. The number of nitrogens with zero attached hydrogens (tertiary/aromatic N) is 2. The number of imidazole rings is 1. The van der Waals surface area contributed by atoms with Crippen LogP contribution >= 0.6 is 0 Å². The minimum Gasteiger partial charge on any atom is -0.384 e. The van der Waals surface area contributed by atoms with Gasteiger partial charge in [-0.25, -0.2) is 4.98 Å². The predicted octanol–water partition coefficient (Wildman–Crippen LogP) is 2.66. The van der Waals surface area contributed by atoms with Crippen molar-refractivity contribution in [3.63, 3.8) is 0 Å². The van der Waals surface area contributed by atoms with Crippen LogP contribution in [0.5, 0.6) is 0 Å². The minimum absolute atomic E-state index is 0.822. The topological polar surface area (TPSA) is 43.8 Å². The smallest absolute Gasteiger partial charge is 0.126 e. The Hall–Kier alpha value is -1.77. The average Bonchev–Trinajstić information content (AvgIpc) is 2.70. The van der Waals surface area contributed by atoms with Crippen LogP contribution in [0, 0.1) is 0 Å². The van der Waals surface area contributed by atoms with Crippen LogP contribution in [0.4, 0.5) is 5.82 Å². The second-order valence-electron chi connectivity index (χ2n) is 4.26. The van der Waals surface area contributed by atoms with E-state index < -0.39 is 0 Å². The van der Waals surface area contributed by atoms with Gasteiger partial charge in [0.1, 0.15) is 5.82 Å². The zero-order chi connectivity index (χ0) is 12.1. The summed E-state index contributed by atoms with van der Waals surface area (Å²) >= 11 is 0. The van der Waals surface area contributed by atoms with Gasteiger partial charge in [-0.2, -0.15) is 0 Å². The third kappa shape index (κ3) is 2.87. The quantitative estimate of drug-likeness (QED) is 0.856. The van der Waals surface area contributed by atoms with Crippen molar-refractivity contribution >= 4 is 5.82 Å². The molecule has 1 aromatic carbocycles. The van der Waals surface area contributed by atoms with Crippen LogP contribution in [0.3, 0.4) is 0 Å². The molecular weight excluding hydrogens is 210 g/mol. The highest BCUT2D eigenvalue weighted by Crippen LogP contribution is 2.13. The maximum atomic E-state index is 6.05. The molecular formula is C14H19N3. The summed E-state index contributed by atoms with van der Waals surface area (Å²) in [4.78, 5) is 4.39. The highest BCUT2D eigenvalue weighted by atomic mass is 15.1. The molecule has 2 N–H and O–H groups in total. The molecule has 0 unspecified atom stereocenters. The van der Waals surface area contributed by atoms with E-state index in [1.165, 1.54) is 5.56 Å². The molecule has 0 bridgehead atoms. The normalized spacial score (nSPS) is 10.6. The van der Waals surface area contributed by atoms with Crippen molar-refractivity contribution < 1.29 is 0 Å². The number of rotatable bonds is 5. The molecule has 2 rings (SSSR count). The van der Waals surface area contributed by atoms with Gasteiger partial charge in [-0.05, 0) is 24.8 Å². The third-order valence-electron chi connectivity index (χ3n) is 2.92. The van der Waals surface area contributed by atoms with E-state index in [2.05, 4.69) is 36.2 Å². The van der Waals surface area contributed by atoms with Gasteiger partial charge in [-0.1, -0.05) is 37.3 Å². The summed E-state index contributed by atoms with van der Waals surface area (Å²) in [5, 5.41) is 0. The lowest BCUT2D eigenvalue weighted by Gasteiger charge is -2.03. The maximum Gasteiger partial charge on any atom is 0.126 e. The van der Waals surface area contributed by atoms with Crippen LogP contribution < -0.4 is 5.73 Å². The van der Waals surface area contributed by atoms with Crippen LogP contribution in [-0.2, 0) is 19.4 Å². The zero-order valence-corrected chi connectivity index (χ0v) is 10.3. The van der Waals surface area contributed by atoms with Gasteiger partial charge in [-0.15, -0.1) is 0 Å². The lowest BCUT2D eigenvalue weighted by molar-refractivity contribution is 0.686. The molecule has 1 aromatic heterocycles. The molecule has 0 radical (unpaired) electrons. The molecule has 0 atom stereocenters. The molecule has 0 spiro atoms. The van der Waals surface area contributed by atoms with Crippen molar-refractivity contribution in [2.24, 2.45) is 0 Å². The fourth-order valence-electron chi connectivity index (χ4n) is 1.95. The van der Waals surface area contributed by atoms with Gasteiger partial charge < -0.3 is 10.3 Å². The van der Waals surface area contributed by atoms with E-state index in [9.17, 15) is 0 Å². The zero-order valence-electron chi connectivity index (χ0n) is 10.3. The van der Waals surface area contributed by atoms with E-state index in [0.29, 0.717) is 0 Å². The molecule has 2 aromatic rings. The largest absolute Gasteiger partial charge is 0.384 e. The van der Waals surface area contributed by atoms with Gasteiger partial charge in [0.25, 0.3) is 0 Å². The third-order valence-corrected chi connectivity index (χ3v) is 2.92. The summed E-state index contributed by atoms with van der Waals surface area (Å²) in [5.41, 5.74) is 8.40. The molecule has 17 heavy (non-hydrogen) atoms. The van der Waals surface area contributed by atoms with Gasteiger partial charge in [0.05, 0.1) is 12.0 Å². The summed E-state index contributed by atoms with van der Waals surface area (Å²) in [6, 6.07) is 10.4. The van der Waals surface area contributed by atoms with Crippen LogP contribution in [0.15, 0.2) is 36.7 Å². The Bertz CT molecular complexity index is 460. The molecule has 3 heteroatoms. The molecule has 0 fully saturated rings. The maximum absolute atomic E-state index is 6.05. The summed E-state index contributed by atoms with van der Waals surface area (Å²) < 4.78 is 2.03. The fraction of sp³-hybridized carbons (Fsp3) is 0.357. The number of nitrogens with two attached hydrogens (primary N) is 1. The second kappa shape index (κ2) is 5.53. The van der Waals surface area contributed by atoms with Crippen molar-refractivity contribution in [2.75, 3.05) is 5.73 Å². The van der Waals surface area contributed by atoms with Crippen LogP contribution in [0.25, 0.3) is 0 Å². The van der Waals surface area contributed by atoms with Gasteiger partial charge in [0.2, 0.25) is 0 Å². The van der Waals surface area contributed by atoms with E-state index in [-0.39, 0.29) is 0 Å². The number of hydrogen-bond acceptors (Lipinski definition) is 2. The minimum atomic E-state index is 0.822. The van der Waals surface area contributed by atoms with Crippen molar-refractivity contribution in [2.45, 2.75) is 32.7 Å². The van der Waals surface area contributed by atoms with Crippen molar-refractivity contribution in [1.29, 1.82) is 0 Å². The molecule has 0 saturated carbocycles. The Morgan fingerprint density at radius 3 is 2.65 bits per heavy atom. The average molecular weight is 229 g/mol. The number of anilines is 1. The molecule has 3 nitrogen and oxygen atoms in total. The molecule has 0 aliphatic heterocycles. The first-order valence-electron chi connectivity index (χ1n) is 6.14. The molecule has 1 heterocycles. The summed E-state index contributed by atoms with van der Waals surface area (Å²) in [6.45, 7) is 3.09. The number of benzene rings is 1. The molecule has 0 aliphatic carbocycles. The van der Waals surface area contributed by atoms with Crippen LogP contribution in [-0.4, -0.2) is 9.55 Å². The highest BCUT2D eigenvalue weighted by Gasteiger charge is 2.06. The van der Waals surface area contributed by atoms with Gasteiger partial charge in [-0.3, -0.25) is 0 Å². The Morgan fingerprint density at radius 1 is 1.18 bits per heavy atom. The van der Waals surface area contributed by atoms with Crippen molar-refractivity contribution in [3.8, 4) is 0 Å². The Labute approximate surface area is 102 Å². The Morgan fingerprint density at radius 2 is 1.94 bits per heavy atom. The number of nitrogen functional groups attached to an aromatic ring is 1. The summed E-state index contributed by atoms with van der Waals surface area (Å²) in [7, 11) is 0. The molecule has 90 valence electrons. The predicted molar refractivity (Wildman–Crippen MR) is 70.8 cm³/mol. The molecule has 0 amide bonds. The first kappa shape index (κ1) is 11.7. The van der Waals surface area contributed by atoms with Gasteiger partial charge in [0.15, 0.2) is 0 Å². The lowest BCUT2D eigenvalue weighted by Crippen LogP contribution is -2.03. The standard InChI is InChI=1S/C14H19N3/c1-2-10-17-11-16-13(14(17)15)9-8-12-6-4-3-5-7-12/h3-7,11H,2,8-10,15H2,1H3. The van der Waals surface area contributed by atoms with Gasteiger partial charge in [0, 0.05) is 6.54 Å². The van der Waals surface area contributed by atoms with Crippen molar-refractivity contribution in [1.82, 2.24) is 9.55 Å². The Balaban J connectivity index is 2.00. The summed E-state index contributed by atoms with van der Waals surface area (Å²) in [6.07, 6.45) is 4.83.